The second-order valence-corrected chi connectivity index (χ2v) is 7.45. The molecule has 1 aliphatic heterocycles. The summed E-state index contributed by atoms with van der Waals surface area (Å²) in [5, 5.41) is 0. The van der Waals surface area contributed by atoms with Crippen molar-refractivity contribution >= 4 is 15.6 Å². The standard InChI is InChI=1S/C13H15F3N2O2S/c14-13(15,16)10-4-2-1-3-9(10)5-7-21(20)8-6-11(17)12(19)18-21/h1-4,11H,5-8,17H2/t11-,21-/m0/s1. The van der Waals surface area contributed by atoms with Crippen molar-refractivity contribution in [3.8, 4) is 0 Å². The Kier molecular flexibility index (Phi) is 4.38. The summed E-state index contributed by atoms with van der Waals surface area (Å²) < 4.78 is 54.5. The molecule has 2 atom stereocenters. The predicted molar refractivity (Wildman–Crippen MR) is 73.1 cm³/mol. The Morgan fingerprint density at radius 1 is 1.33 bits per heavy atom. The van der Waals surface area contributed by atoms with E-state index in [9.17, 15) is 22.2 Å². The first-order valence-electron chi connectivity index (χ1n) is 6.38. The van der Waals surface area contributed by atoms with E-state index >= 15 is 0 Å². The van der Waals surface area contributed by atoms with Gasteiger partial charge in [-0.25, -0.2) is 4.21 Å². The third-order valence-corrected chi connectivity index (χ3v) is 5.56. The second-order valence-electron chi connectivity index (χ2n) is 4.91. The lowest BCUT2D eigenvalue weighted by Crippen LogP contribution is -2.37. The van der Waals surface area contributed by atoms with Gasteiger partial charge in [0.1, 0.15) is 0 Å². The van der Waals surface area contributed by atoms with Crippen LogP contribution >= 0.6 is 0 Å². The summed E-state index contributed by atoms with van der Waals surface area (Å²) in [7, 11) is -2.80. The molecule has 21 heavy (non-hydrogen) atoms. The highest BCUT2D eigenvalue weighted by molar-refractivity contribution is 7.93. The Bertz CT molecular complexity index is 664. The van der Waals surface area contributed by atoms with E-state index in [1.165, 1.54) is 18.2 Å². The van der Waals surface area contributed by atoms with Crippen LogP contribution in [0.1, 0.15) is 17.5 Å². The van der Waals surface area contributed by atoms with Gasteiger partial charge in [-0.3, -0.25) is 4.79 Å². The van der Waals surface area contributed by atoms with Gasteiger partial charge < -0.3 is 5.73 Å². The lowest BCUT2D eigenvalue weighted by molar-refractivity contribution is -0.138. The fraction of sp³-hybridized carbons (Fsp3) is 0.462. The van der Waals surface area contributed by atoms with Crippen molar-refractivity contribution in [1.29, 1.82) is 0 Å². The maximum Gasteiger partial charge on any atom is 0.416 e. The SMILES string of the molecule is N[C@H]1CC[S@@](=O)(CCc2ccccc2C(F)(F)F)=NC1=O. The van der Waals surface area contributed by atoms with Crippen LogP contribution in [-0.2, 0) is 27.1 Å². The van der Waals surface area contributed by atoms with Gasteiger partial charge in [0, 0.05) is 11.5 Å². The topological polar surface area (TPSA) is 72.5 Å². The van der Waals surface area contributed by atoms with Gasteiger partial charge in [-0.15, -0.1) is 0 Å². The quantitative estimate of drug-likeness (QED) is 0.925. The van der Waals surface area contributed by atoms with E-state index in [0.717, 1.165) is 6.07 Å². The van der Waals surface area contributed by atoms with Crippen LogP contribution < -0.4 is 5.73 Å². The van der Waals surface area contributed by atoms with E-state index < -0.39 is 33.4 Å². The van der Waals surface area contributed by atoms with Crippen molar-refractivity contribution < 1.29 is 22.2 Å². The minimum Gasteiger partial charge on any atom is -0.320 e. The van der Waals surface area contributed by atoms with E-state index in [0.29, 0.717) is 0 Å². The lowest BCUT2D eigenvalue weighted by Gasteiger charge is -2.19. The average Bonchev–Trinajstić information content (AvgIpc) is 2.41. The zero-order chi connectivity index (χ0) is 15.7. The number of nitrogens with zero attached hydrogens (tertiary/aromatic N) is 1. The monoisotopic (exact) mass is 320 g/mol. The Morgan fingerprint density at radius 2 is 2.00 bits per heavy atom. The second kappa shape index (κ2) is 5.76. The summed E-state index contributed by atoms with van der Waals surface area (Å²) in [5.41, 5.74) is 4.79. The Morgan fingerprint density at radius 3 is 2.62 bits per heavy atom. The number of halogens is 3. The van der Waals surface area contributed by atoms with Crippen molar-refractivity contribution in [3.05, 3.63) is 35.4 Å². The van der Waals surface area contributed by atoms with Gasteiger partial charge in [0.05, 0.1) is 21.3 Å². The molecule has 0 fully saturated rings. The molecule has 1 aromatic rings. The molecule has 0 unspecified atom stereocenters. The summed E-state index contributed by atoms with van der Waals surface area (Å²) >= 11 is 0. The van der Waals surface area contributed by atoms with Crippen molar-refractivity contribution in [2.24, 2.45) is 10.1 Å². The minimum atomic E-state index is -4.45. The maximum absolute atomic E-state index is 12.9. The summed E-state index contributed by atoms with van der Waals surface area (Å²) in [6.07, 6.45) is -4.24. The van der Waals surface area contributed by atoms with Crippen molar-refractivity contribution in [2.45, 2.75) is 25.1 Å². The summed E-state index contributed by atoms with van der Waals surface area (Å²) in [4.78, 5) is 11.4. The molecular weight excluding hydrogens is 305 g/mol. The van der Waals surface area contributed by atoms with E-state index in [4.69, 9.17) is 5.73 Å². The number of benzene rings is 1. The molecule has 0 radical (unpaired) electrons. The molecule has 0 aliphatic carbocycles. The van der Waals surface area contributed by atoms with Crippen LogP contribution in [0.4, 0.5) is 13.2 Å². The van der Waals surface area contributed by atoms with Crippen LogP contribution in [0.2, 0.25) is 0 Å². The molecule has 2 N–H and O–H groups in total. The highest BCUT2D eigenvalue weighted by Crippen LogP contribution is 2.32. The van der Waals surface area contributed by atoms with Gasteiger partial charge in [-0.05, 0) is 24.5 Å². The summed E-state index contributed by atoms with van der Waals surface area (Å²) in [6, 6.07) is 4.39. The van der Waals surface area contributed by atoms with Gasteiger partial charge in [0.15, 0.2) is 0 Å². The van der Waals surface area contributed by atoms with Gasteiger partial charge in [-0.1, -0.05) is 18.2 Å². The van der Waals surface area contributed by atoms with E-state index in [2.05, 4.69) is 4.36 Å². The summed E-state index contributed by atoms with van der Waals surface area (Å²) in [6.45, 7) is 0. The Hall–Kier alpha value is -1.41. The first-order chi connectivity index (χ1) is 9.71. The Labute approximate surface area is 120 Å². The van der Waals surface area contributed by atoms with Gasteiger partial charge >= 0.3 is 6.18 Å². The van der Waals surface area contributed by atoms with E-state index in [-0.39, 0.29) is 29.9 Å². The zero-order valence-corrected chi connectivity index (χ0v) is 11.9. The van der Waals surface area contributed by atoms with Crippen LogP contribution in [0.3, 0.4) is 0 Å². The van der Waals surface area contributed by atoms with E-state index in [1.807, 2.05) is 0 Å². The highest BCUT2D eigenvalue weighted by atomic mass is 32.2. The molecule has 0 saturated carbocycles. The van der Waals surface area contributed by atoms with Crippen LogP contribution in [0.15, 0.2) is 28.6 Å². The number of alkyl halides is 3. The molecule has 116 valence electrons. The normalized spacial score (nSPS) is 26.5. The van der Waals surface area contributed by atoms with Gasteiger partial charge in [0.25, 0.3) is 5.91 Å². The van der Waals surface area contributed by atoms with Crippen LogP contribution in [-0.4, -0.2) is 27.7 Å². The molecule has 1 heterocycles. The van der Waals surface area contributed by atoms with Crippen molar-refractivity contribution in [2.75, 3.05) is 11.5 Å². The average molecular weight is 320 g/mol. The number of nitrogens with two attached hydrogens (primary N) is 1. The number of carbonyl (C=O) groups excluding carboxylic acids is 1. The van der Waals surface area contributed by atoms with Gasteiger partial charge in [0.2, 0.25) is 0 Å². The number of hydrogen-bond donors (Lipinski definition) is 1. The molecule has 1 amide bonds. The first-order valence-corrected chi connectivity index (χ1v) is 8.24. The maximum atomic E-state index is 12.9. The molecule has 0 spiro atoms. The zero-order valence-electron chi connectivity index (χ0n) is 11.1. The predicted octanol–water partition coefficient (Wildman–Crippen LogP) is 1.97. The minimum absolute atomic E-state index is 0.0411. The largest absolute Gasteiger partial charge is 0.416 e. The third-order valence-electron chi connectivity index (χ3n) is 3.33. The molecule has 2 rings (SSSR count). The number of amides is 1. The first kappa shape index (κ1) is 16.0. The number of carbonyl (C=O) groups is 1. The number of aryl methyl sites for hydroxylation is 1. The lowest BCUT2D eigenvalue weighted by atomic mass is 10.1. The number of hydrogen-bond acceptors (Lipinski definition) is 3. The number of rotatable bonds is 3. The third kappa shape index (κ3) is 3.82. The highest BCUT2D eigenvalue weighted by Gasteiger charge is 2.33. The molecule has 8 heteroatoms. The fourth-order valence-electron chi connectivity index (χ4n) is 2.14. The molecule has 0 saturated heterocycles. The smallest absolute Gasteiger partial charge is 0.320 e. The van der Waals surface area contributed by atoms with Crippen LogP contribution in [0.25, 0.3) is 0 Å². The molecule has 4 nitrogen and oxygen atoms in total. The molecule has 0 aromatic heterocycles. The van der Waals surface area contributed by atoms with E-state index in [1.54, 1.807) is 0 Å². The molecule has 0 bridgehead atoms. The molecular formula is C13H15F3N2O2S. The Balaban J connectivity index is 2.20. The van der Waals surface area contributed by atoms with Crippen LogP contribution in [0, 0.1) is 0 Å². The fourth-order valence-corrected chi connectivity index (χ4v) is 4.16. The molecule has 1 aliphatic rings. The summed E-state index contributed by atoms with van der Waals surface area (Å²) in [5.74, 6) is -0.553. The molecule has 1 aromatic carbocycles. The van der Waals surface area contributed by atoms with Gasteiger partial charge in [-0.2, -0.15) is 17.5 Å². The van der Waals surface area contributed by atoms with Crippen molar-refractivity contribution in [1.82, 2.24) is 0 Å². The van der Waals surface area contributed by atoms with Crippen molar-refractivity contribution in [3.63, 3.8) is 0 Å². The van der Waals surface area contributed by atoms with Crippen LogP contribution in [0.5, 0.6) is 0 Å².